The number of carbonyl (C=O) groups is 3. The van der Waals surface area contributed by atoms with E-state index in [4.69, 9.17) is 4.74 Å². The second-order valence-electron chi connectivity index (χ2n) is 4.89. The molecule has 3 aliphatic heterocycles. The average Bonchev–Trinajstić information content (AvgIpc) is 2.92. The molecule has 7 nitrogen and oxygen atoms in total. The summed E-state index contributed by atoms with van der Waals surface area (Å²) in [5.41, 5.74) is 3.27. The highest BCUT2D eigenvalue weighted by molar-refractivity contribution is 6.08. The summed E-state index contributed by atoms with van der Waals surface area (Å²) >= 11 is 0. The number of nitrogens with one attached hydrogen (secondary N) is 1. The van der Waals surface area contributed by atoms with Crippen LogP contribution in [-0.4, -0.2) is 53.4 Å². The average molecular weight is 277 g/mol. The topological polar surface area (TPSA) is 79.0 Å². The Bertz CT molecular complexity index is 554. The zero-order valence-electron chi connectivity index (χ0n) is 11.2. The Kier molecular flexibility index (Phi) is 2.86. The summed E-state index contributed by atoms with van der Waals surface area (Å²) in [6.07, 6.45) is 5.14. The van der Waals surface area contributed by atoms with Gasteiger partial charge in [-0.05, 0) is 13.0 Å². The van der Waals surface area contributed by atoms with Crippen molar-refractivity contribution < 1.29 is 19.1 Å². The molecule has 0 aromatic carbocycles. The first-order chi connectivity index (χ1) is 9.56. The molecule has 0 bridgehead atoms. The number of likely N-dealkylation sites (tertiary alicyclic amines) is 1. The Morgan fingerprint density at radius 3 is 2.85 bits per heavy atom. The normalized spacial score (nSPS) is 31.3. The van der Waals surface area contributed by atoms with E-state index in [1.807, 2.05) is 6.08 Å². The van der Waals surface area contributed by atoms with Crippen LogP contribution < -0.4 is 5.43 Å². The van der Waals surface area contributed by atoms with E-state index < -0.39 is 17.9 Å². The van der Waals surface area contributed by atoms with Crippen LogP contribution in [0.4, 0.5) is 0 Å². The molecule has 2 saturated heterocycles. The molecule has 3 aliphatic rings. The van der Waals surface area contributed by atoms with Crippen LogP contribution >= 0.6 is 0 Å². The molecular weight excluding hydrogens is 262 g/mol. The SMILES string of the molecule is CCOC(=O)C1=CC=C[C@@H]2[C@@H]3C(=O)N(C)C(=O)[C@@H]3NN12. The molecule has 2 amide bonds. The van der Waals surface area contributed by atoms with Crippen LogP contribution in [0.25, 0.3) is 0 Å². The highest BCUT2D eigenvalue weighted by atomic mass is 16.5. The van der Waals surface area contributed by atoms with Crippen LogP contribution in [0.15, 0.2) is 23.9 Å². The van der Waals surface area contributed by atoms with Gasteiger partial charge in [0.25, 0.3) is 0 Å². The number of hydrazine groups is 1. The standard InChI is InChI=1S/C13H15N3O4/c1-3-20-13(19)8-6-4-5-7-9-10(14-16(7)8)12(18)15(2)11(9)17/h4-7,9-10,14H,3H2,1-2H3/t7-,9+,10-/m1/s1. The maximum Gasteiger partial charge on any atom is 0.356 e. The monoisotopic (exact) mass is 277 g/mol. The molecule has 0 aliphatic carbocycles. The lowest BCUT2D eigenvalue weighted by Crippen LogP contribution is -2.46. The van der Waals surface area contributed by atoms with E-state index in [-0.39, 0.29) is 24.5 Å². The zero-order chi connectivity index (χ0) is 14.4. The minimum atomic E-state index is -0.613. The van der Waals surface area contributed by atoms with Gasteiger partial charge in [-0.2, -0.15) is 0 Å². The van der Waals surface area contributed by atoms with E-state index in [1.54, 1.807) is 24.1 Å². The summed E-state index contributed by atoms with van der Waals surface area (Å²) in [5.74, 6) is -1.47. The van der Waals surface area contributed by atoms with Crippen LogP contribution in [0.2, 0.25) is 0 Å². The number of hydrogen-bond donors (Lipinski definition) is 1. The van der Waals surface area contributed by atoms with Gasteiger partial charge in [-0.1, -0.05) is 12.2 Å². The van der Waals surface area contributed by atoms with Crippen molar-refractivity contribution in [1.82, 2.24) is 15.3 Å². The van der Waals surface area contributed by atoms with Crippen molar-refractivity contribution in [3.05, 3.63) is 23.9 Å². The number of ether oxygens (including phenoxy) is 1. The third-order valence-electron chi connectivity index (χ3n) is 3.82. The minimum absolute atomic E-state index is 0.227. The molecule has 3 heterocycles. The number of nitrogens with zero attached hydrogens (tertiary/aromatic N) is 2. The number of likely N-dealkylation sites (N-methyl/N-ethyl adjacent to an activating group) is 1. The summed E-state index contributed by atoms with van der Waals surface area (Å²) in [7, 11) is 1.48. The quantitative estimate of drug-likeness (QED) is 0.524. The fourth-order valence-corrected chi connectivity index (χ4v) is 2.86. The number of amides is 2. The highest BCUT2D eigenvalue weighted by Crippen LogP contribution is 2.35. The molecule has 106 valence electrons. The van der Waals surface area contributed by atoms with Gasteiger partial charge in [0.2, 0.25) is 11.8 Å². The van der Waals surface area contributed by atoms with E-state index in [9.17, 15) is 14.4 Å². The van der Waals surface area contributed by atoms with Crippen LogP contribution in [0.5, 0.6) is 0 Å². The minimum Gasteiger partial charge on any atom is -0.461 e. The lowest BCUT2D eigenvalue weighted by Gasteiger charge is -2.30. The van der Waals surface area contributed by atoms with Gasteiger partial charge in [-0.15, -0.1) is 0 Å². The fourth-order valence-electron chi connectivity index (χ4n) is 2.86. The van der Waals surface area contributed by atoms with Crippen LogP contribution in [0.1, 0.15) is 6.92 Å². The van der Waals surface area contributed by atoms with Crippen molar-refractivity contribution in [2.75, 3.05) is 13.7 Å². The molecule has 2 fully saturated rings. The highest BCUT2D eigenvalue weighted by Gasteiger charge is 2.57. The van der Waals surface area contributed by atoms with Crippen molar-refractivity contribution in [3.8, 4) is 0 Å². The second-order valence-corrected chi connectivity index (χ2v) is 4.89. The van der Waals surface area contributed by atoms with Crippen molar-refractivity contribution >= 4 is 17.8 Å². The Morgan fingerprint density at radius 2 is 2.15 bits per heavy atom. The van der Waals surface area contributed by atoms with E-state index in [2.05, 4.69) is 5.43 Å². The molecule has 7 heteroatoms. The van der Waals surface area contributed by atoms with Gasteiger partial charge in [0.1, 0.15) is 11.7 Å². The van der Waals surface area contributed by atoms with Crippen molar-refractivity contribution in [3.63, 3.8) is 0 Å². The lowest BCUT2D eigenvalue weighted by molar-refractivity contribution is -0.143. The summed E-state index contributed by atoms with van der Waals surface area (Å²) in [4.78, 5) is 37.2. The van der Waals surface area contributed by atoms with E-state index in [1.165, 1.54) is 7.05 Å². The van der Waals surface area contributed by atoms with Gasteiger partial charge in [0.05, 0.1) is 18.6 Å². The van der Waals surface area contributed by atoms with Gasteiger partial charge < -0.3 is 4.74 Å². The number of carbonyl (C=O) groups excluding carboxylic acids is 3. The molecule has 0 aromatic heterocycles. The second kappa shape index (κ2) is 4.45. The van der Waals surface area contributed by atoms with Crippen LogP contribution in [0.3, 0.4) is 0 Å². The molecule has 0 saturated carbocycles. The summed E-state index contributed by atoms with van der Waals surface area (Å²) in [6.45, 7) is 1.99. The molecule has 3 rings (SSSR count). The summed E-state index contributed by atoms with van der Waals surface area (Å²) < 4.78 is 4.98. The number of rotatable bonds is 2. The number of fused-ring (bicyclic) bond motifs is 3. The smallest absolute Gasteiger partial charge is 0.356 e. The summed E-state index contributed by atoms with van der Waals surface area (Å²) in [6, 6.07) is -0.955. The Labute approximate surface area is 115 Å². The van der Waals surface area contributed by atoms with Gasteiger partial charge in [0, 0.05) is 7.05 Å². The molecular formula is C13H15N3O4. The van der Waals surface area contributed by atoms with Crippen molar-refractivity contribution in [1.29, 1.82) is 0 Å². The molecule has 3 atom stereocenters. The maximum atomic E-state index is 12.1. The number of allylic oxidation sites excluding steroid dienone is 2. The van der Waals surface area contributed by atoms with Crippen molar-refractivity contribution in [2.45, 2.75) is 19.0 Å². The molecule has 0 spiro atoms. The van der Waals surface area contributed by atoms with Gasteiger partial charge in [-0.25, -0.2) is 10.2 Å². The van der Waals surface area contributed by atoms with Gasteiger partial charge in [0.15, 0.2) is 0 Å². The number of hydrogen-bond acceptors (Lipinski definition) is 6. The molecule has 0 unspecified atom stereocenters. The van der Waals surface area contributed by atoms with E-state index >= 15 is 0 Å². The summed E-state index contributed by atoms with van der Waals surface area (Å²) in [5, 5.41) is 1.57. The van der Waals surface area contributed by atoms with Crippen LogP contribution in [0, 0.1) is 5.92 Å². The third kappa shape index (κ3) is 1.59. The predicted molar refractivity (Wildman–Crippen MR) is 67.7 cm³/mol. The molecule has 20 heavy (non-hydrogen) atoms. The Hall–Kier alpha value is -2.15. The lowest BCUT2D eigenvalue weighted by atomic mass is 9.94. The largest absolute Gasteiger partial charge is 0.461 e. The van der Waals surface area contributed by atoms with Gasteiger partial charge in [-0.3, -0.25) is 19.5 Å². The molecule has 0 aromatic rings. The Balaban J connectivity index is 1.90. The maximum absolute atomic E-state index is 12.1. The predicted octanol–water partition coefficient (Wildman–Crippen LogP) is -0.825. The van der Waals surface area contributed by atoms with E-state index in [0.717, 1.165) is 4.90 Å². The Morgan fingerprint density at radius 1 is 1.40 bits per heavy atom. The van der Waals surface area contributed by atoms with E-state index in [0.29, 0.717) is 5.70 Å². The van der Waals surface area contributed by atoms with Crippen molar-refractivity contribution in [2.24, 2.45) is 5.92 Å². The zero-order valence-corrected chi connectivity index (χ0v) is 11.2. The van der Waals surface area contributed by atoms with Gasteiger partial charge >= 0.3 is 5.97 Å². The molecule has 0 radical (unpaired) electrons. The first-order valence-electron chi connectivity index (χ1n) is 6.48. The first kappa shape index (κ1) is 12.9. The fraction of sp³-hybridized carbons (Fsp3) is 0.462. The first-order valence-corrected chi connectivity index (χ1v) is 6.48. The number of imide groups is 1. The molecule has 1 N–H and O–H groups in total. The number of esters is 1. The van der Waals surface area contributed by atoms with Crippen LogP contribution in [-0.2, 0) is 19.1 Å². The third-order valence-corrected chi connectivity index (χ3v) is 3.82.